The summed E-state index contributed by atoms with van der Waals surface area (Å²) in [5.41, 5.74) is 5.86. The average Bonchev–Trinajstić information content (AvgIpc) is 3.57. The highest BCUT2D eigenvalue weighted by Crippen LogP contribution is 2.39. The second-order valence-corrected chi connectivity index (χ2v) is 9.02. The molecular weight excluding hydrogens is 428 g/mol. The van der Waals surface area contributed by atoms with Gasteiger partial charge in [0.05, 0.1) is 17.6 Å². The maximum absolute atomic E-state index is 12.4. The smallest absolute Gasteiger partial charge is 0.268 e. The first-order valence-electron chi connectivity index (χ1n) is 11.6. The Morgan fingerprint density at radius 2 is 1.94 bits per heavy atom. The number of pyridine rings is 1. The fraction of sp³-hybridized carbons (Fsp3) is 0.346. The molecule has 3 heterocycles. The summed E-state index contributed by atoms with van der Waals surface area (Å²) in [7, 11) is 1.92. The van der Waals surface area contributed by atoms with Gasteiger partial charge in [-0.1, -0.05) is 12.1 Å². The van der Waals surface area contributed by atoms with Crippen LogP contribution >= 0.6 is 0 Å². The molecular formula is C26H28N6O2. The molecule has 1 aliphatic carbocycles. The Hall–Kier alpha value is -3.65. The zero-order chi connectivity index (χ0) is 23.8. The fourth-order valence-electron chi connectivity index (χ4n) is 4.28. The summed E-state index contributed by atoms with van der Waals surface area (Å²) >= 11 is 0. The molecule has 5 rings (SSSR count). The normalized spacial score (nSPS) is 14.4. The van der Waals surface area contributed by atoms with Crippen molar-refractivity contribution in [2.75, 3.05) is 7.05 Å². The van der Waals surface area contributed by atoms with Gasteiger partial charge in [0, 0.05) is 36.0 Å². The number of aryl methyl sites for hydroxylation is 2. The second-order valence-electron chi connectivity index (χ2n) is 9.02. The third-order valence-electron chi connectivity index (χ3n) is 6.46. The molecule has 34 heavy (non-hydrogen) atoms. The summed E-state index contributed by atoms with van der Waals surface area (Å²) in [6.07, 6.45) is 5.93. The van der Waals surface area contributed by atoms with E-state index in [-0.39, 0.29) is 11.6 Å². The third kappa shape index (κ3) is 4.28. The van der Waals surface area contributed by atoms with Crippen LogP contribution in [0, 0.1) is 19.8 Å². The van der Waals surface area contributed by atoms with Crippen molar-refractivity contribution in [3.8, 4) is 34.3 Å². The Morgan fingerprint density at radius 1 is 1.15 bits per heavy atom. The molecule has 1 unspecified atom stereocenters. The maximum atomic E-state index is 12.4. The first-order valence-corrected chi connectivity index (χ1v) is 11.6. The number of hydrogen-bond donors (Lipinski definition) is 1. The van der Waals surface area contributed by atoms with Crippen LogP contribution in [-0.2, 0) is 6.54 Å². The molecule has 0 aliphatic heterocycles. The van der Waals surface area contributed by atoms with Gasteiger partial charge in [0.2, 0.25) is 5.89 Å². The minimum atomic E-state index is 0.00101. The van der Waals surface area contributed by atoms with Crippen molar-refractivity contribution >= 4 is 0 Å². The first-order chi connectivity index (χ1) is 16.4. The molecule has 0 spiro atoms. The van der Waals surface area contributed by atoms with E-state index in [0.29, 0.717) is 34.8 Å². The lowest BCUT2D eigenvalue weighted by atomic mass is 10.1. The molecule has 4 aromatic rings. The van der Waals surface area contributed by atoms with Gasteiger partial charge in [-0.05, 0) is 69.8 Å². The molecule has 3 aromatic heterocycles. The zero-order valence-electron chi connectivity index (χ0n) is 19.9. The molecule has 1 atom stereocenters. The number of hydrogen-bond acceptors (Lipinski definition) is 7. The van der Waals surface area contributed by atoms with Gasteiger partial charge in [-0.25, -0.2) is 4.98 Å². The van der Waals surface area contributed by atoms with Gasteiger partial charge in [-0.3, -0.25) is 9.78 Å². The monoisotopic (exact) mass is 456 g/mol. The molecule has 0 amide bonds. The topological polar surface area (TPSA) is 98.7 Å². The Bertz CT molecular complexity index is 1400. The Labute approximate surface area is 198 Å². The van der Waals surface area contributed by atoms with E-state index in [1.54, 1.807) is 22.9 Å². The highest BCUT2D eigenvalue weighted by molar-refractivity contribution is 5.64. The van der Waals surface area contributed by atoms with Crippen molar-refractivity contribution in [1.82, 2.24) is 30.0 Å². The van der Waals surface area contributed by atoms with E-state index in [9.17, 15) is 4.79 Å². The molecule has 1 saturated carbocycles. The van der Waals surface area contributed by atoms with Crippen molar-refractivity contribution in [3.05, 3.63) is 69.9 Å². The second kappa shape index (κ2) is 8.95. The lowest BCUT2D eigenvalue weighted by Crippen LogP contribution is -2.23. The number of aromatic nitrogens is 5. The highest BCUT2D eigenvalue weighted by atomic mass is 16.4. The standard InChI is InChI=1S/C26H28N6O2/c1-15-11-18(12-27-4)5-9-21(15)25-30-31-26(34-25)24-16(2)28-13-22(29-24)20-8-10-23(33)32(14-20)17(3)19-6-7-19/h5,8-11,13-14,17,19,27H,6-7,12H2,1-4H3. The molecule has 8 heteroatoms. The van der Waals surface area contributed by atoms with Crippen LogP contribution in [0.15, 0.2) is 51.9 Å². The van der Waals surface area contributed by atoms with Crippen LogP contribution in [0.4, 0.5) is 0 Å². The molecule has 0 radical (unpaired) electrons. The van der Waals surface area contributed by atoms with Crippen LogP contribution in [0.1, 0.15) is 42.6 Å². The quantitative estimate of drug-likeness (QED) is 0.442. The number of benzene rings is 1. The van der Waals surface area contributed by atoms with E-state index in [0.717, 1.165) is 23.2 Å². The number of rotatable bonds is 7. The summed E-state index contributed by atoms with van der Waals surface area (Å²) in [6, 6.07) is 9.72. The Morgan fingerprint density at radius 3 is 2.68 bits per heavy atom. The van der Waals surface area contributed by atoms with E-state index >= 15 is 0 Å². The number of nitrogens with one attached hydrogen (secondary N) is 1. The van der Waals surface area contributed by atoms with Gasteiger partial charge < -0.3 is 14.3 Å². The van der Waals surface area contributed by atoms with Gasteiger partial charge >= 0.3 is 0 Å². The van der Waals surface area contributed by atoms with Gasteiger partial charge in [0.25, 0.3) is 11.4 Å². The van der Waals surface area contributed by atoms with Crippen LogP contribution in [0.25, 0.3) is 34.3 Å². The van der Waals surface area contributed by atoms with Crippen LogP contribution in [-0.4, -0.2) is 31.8 Å². The molecule has 1 aromatic carbocycles. The zero-order valence-corrected chi connectivity index (χ0v) is 19.9. The van der Waals surface area contributed by atoms with Crippen molar-refractivity contribution < 1.29 is 4.42 Å². The van der Waals surface area contributed by atoms with Crippen LogP contribution in [0.5, 0.6) is 0 Å². The van der Waals surface area contributed by atoms with Gasteiger partial charge in [0.15, 0.2) is 0 Å². The molecule has 1 aliphatic rings. The fourth-order valence-corrected chi connectivity index (χ4v) is 4.28. The predicted octanol–water partition coefficient (Wildman–Crippen LogP) is 4.33. The summed E-state index contributed by atoms with van der Waals surface area (Å²) in [4.78, 5) is 21.7. The van der Waals surface area contributed by atoms with Crippen molar-refractivity contribution in [2.45, 2.75) is 46.2 Å². The van der Waals surface area contributed by atoms with Crippen LogP contribution in [0.2, 0.25) is 0 Å². The van der Waals surface area contributed by atoms with Gasteiger partial charge in [-0.2, -0.15) is 0 Å². The van der Waals surface area contributed by atoms with E-state index in [2.05, 4.69) is 33.5 Å². The largest absolute Gasteiger partial charge is 0.415 e. The molecule has 0 bridgehead atoms. The van der Waals surface area contributed by atoms with Gasteiger partial charge in [-0.15, -0.1) is 10.2 Å². The lowest BCUT2D eigenvalue weighted by Gasteiger charge is -2.15. The molecule has 1 N–H and O–H groups in total. The van der Waals surface area contributed by atoms with E-state index in [1.807, 2.05) is 39.2 Å². The van der Waals surface area contributed by atoms with E-state index in [4.69, 9.17) is 9.40 Å². The first kappa shape index (κ1) is 22.2. The van der Waals surface area contributed by atoms with Crippen LogP contribution in [0.3, 0.4) is 0 Å². The molecule has 0 saturated heterocycles. The maximum Gasteiger partial charge on any atom is 0.268 e. The van der Waals surface area contributed by atoms with Crippen molar-refractivity contribution in [3.63, 3.8) is 0 Å². The van der Waals surface area contributed by atoms with Crippen LogP contribution < -0.4 is 10.9 Å². The Balaban J connectivity index is 1.48. The Kier molecular flexibility index (Phi) is 5.83. The molecule has 1 fully saturated rings. The summed E-state index contributed by atoms with van der Waals surface area (Å²) in [5.74, 6) is 1.34. The highest BCUT2D eigenvalue weighted by Gasteiger charge is 2.29. The molecule has 174 valence electrons. The number of nitrogens with zero attached hydrogens (tertiary/aromatic N) is 5. The molecule has 8 nitrogen and oxygen atoms in total. The van der Waals surface area contributed by atoms with Crippen molar-refractivity contribution in [2.24, 2.45) is 5.92 Å². The van der Waals surface area contributed by atoms with Gasteiger partial charge in [0.1, 0.15) is 5.69 Å². The van der Waals surface area contributed by atoms with E-state index < -0.39 is 0 Å². The summed E-state index contributed by atoms with van der Waals surface area (Å²) in [5, 5.41) is 11.7. The average molecular weight is 457 g/mol. The van der Waals surface area contributed by atoms with E-state index in [1.165, 1.54) is 18.4 Å². The summed E-state index contributed by atoms with van der Waals surface area (Å²) < 4.78 is 7.84. The predicted molar refractivity (Wildman–Crippen MR) is 130 cm³/mol. The SMILES string of the molecule is CNCc1ccc(-c2nnc(-c3nc(-c4ccc(=O)n(C(C)C5CC5)c4)cnc3C)o2)c(C)c1. The third-order valence-corrected chi connectivity index (χ3v) is 6.46. The minimum Gasteiger partial charge on any atom is -0.415 e. The minimum absolute atomic E-state index is 0.00101. The van der Waals surface area contributed by atoms with Crippen molar-refractivity contribution in [1.29, 1.82) is 0 Å². The summed E-state index contributed by atoms with van der Waals surface area (Å²) in [6.45, 7) is 6.79. The lowest BCUT2D eigenvalue weighted by molar-refractivity contribution is 0.472.